The summed E-state index contributed by atoms with van der Waals surface area (Å²) in [5.41, 5.74) is 7.51. The molecule has 0 unspecified atom stereocenters. The molecule has 0 aliphatic heterocycles. The highest BCUT2D eigenvalue weighted by molar-refractivity contribution is 7.89. The first-order valence-electron chi connectivity index (χ1n) is 7.33. The van der Waals surface area contributed by atoms with Crippen molar-refractivity contribution in [3.63, 3.8) is 0 Å². The maximum atomic E-state index is 12.3. The van der Waals surface area contributed by atoms with E-state index in [4.69, 9.17) is 10.3 Å². The number of carbonyl (C=O) groups excluding carboxylic acids is 1. The van der Waals surface area contributed by atoms with Crippen molar-refractivity contribution in [3.05, 3.63) is 10.4 Å². The van der Waals surface area contributed by atoms with Crippen molar-refractivity contribution in [3.8, 4) is 0 Å². The van der Waals surface area contributed by atoms with Crippen molar-refractivity contribution >= 4 is 16.0 Å². The molecule has 0 aliphatic carbocycles. The third-order valence-electron chi connectivity index (χ3n) is 2.57. The predicted molar refractivity (Wildman–Crippen MR) is 84.7 cm³/mol. The van der Waals surface area contributed by atoms with Gasteiger partial charge in [0.15, 0.2) is 0 Å². The van der Waals surface area contributed by atoms with Crippen LogP contribution >= 0.6 is 0 Å². The molecule has 22 heavy (non-hydrogen) atoms. The average molecular weight is 334 g/mol. The lowest BCUT2D eigenvalue weighted by molar-refractivity contribution is -0.154. The van der Waals surface area contributed by atoms with Crippen molar-refractivity contribution in [1.29, 1.82) is 0 Å². The van der Waals surface area contributed by atoms with E-state index in [0.717, 1.165) is 4.31 Å². The van der Waals surface area contributed by atoms with E-state index in [9.17, 15) is 13.2 Å². The maximum absolute atomic E-state index is 12.3. The summed E-state index contributed by atoms with van der Waals surface area (Å²) in [6.07, 6.45) is 1.49. The van der Waals surface area contributed by atoms with Gasteiger partial charge in [0.05, 0.1) is 5.75 Å². The molecular formula is C13H26N4O4S. The summed E-state index contributed by atoms with van der Waals surface area (Å²) in [4.78, 5) is 14.4. The van der Waals surface area contributed by atoms with Crippen LogP contribution in [0.4, 0.5) is 0 Å². The Hall–Kier alpha value is -1.31. The summed E-state index contributed by atoms with van der Waals surface area (Å²) in [6, 6.07) is 0. The van der Waals surface area contributed by atoms with E-state index in [2.05, 4.69) is 10.0 Å². The molecule has 8 nitrogen and oxygen atoms in total. The van der Waals surface area contributed by atoms with Crippen LogP contribution in [0.3, 0.4) is 0 Å². The number of carbonyl (C=O) groups is 1. The van der Waals surface area contributed by atoms with E-state index in [-0.39, 0.29) is 25.4 Å². The zero-order chi connectivity index (χ0) is 17.2. The van der Waals surface area contributed by atoms with Gasteiger partial charge in [0.25, 0.3) is 0 Å². The summed E-state index contributed by atoms with van der Waals surface area (Å²) >= 11 is 0. The number of hydrogen-bond donors (Lipinski definition) is 0. The number of unbranched alkanes of at least 4 members (excludes halogenated alkanes) is 1. The largest absolute Gasteiger partial charge is 0.459 e. The molecule has 0 saturated heterocycles. The number of hydrogen-bond acceptors (Lipinski definition) is 5. The lowest BCUT2D eigenvalue weighted by Crippen LogP contribution is -2.40. The van der Waals surface area contributed by atoms with Gasteiger partial charge in [-0.05, 0) is 45.6 Å². The Morgan fingerprint density at radius 1 is 1.32 bits per heavy atom. The van der Waals surface area contributed by atoms with Crippen LogP contribution in [0.15, 0.2) is 5.11 Å². The van der Waals surface area contributed by atoms with Crippen molar-refractivity contribution < 1.29 is 17.9 Å². The van der Waals surface area contributed by atoms with Gasteiger partial charge in [-0.1, -0.05) is 12.0 Å². The molecule has 0 aromatic heterocycles. The van der Waals surface area contributed by atoms with Gasteiger partial charge in [0, 0.05) is 18.0 Å². The second-order valence-corrected chi connectivity index (χ2v) is 7.99. The van der Waals surface area contributed by atoms with Crippen molar-refractivity contribution in [2.75, 3.05) is 25.4 Å². The zero-order valence-electron chi connectivity index (χ0n) is 13.8. The Labute approximate surface area is 132 Å². The van der Waals surface area contributed by atoms with Crippen LogP contribution in [0, 0.1) is 0 Å². The van der Waals surface area contributed by atoms with Crippen LogP contribution in [0.5, 0.6) is 0 Å². The highest BCUT2D eigenvalue weighted by Gasteiger charge is 2.26. The normalized spacial score (nSPS) is 12.0. The van der Waals surface area contributed by atoms with E-state index in [1.165, 1.54) is 0 Å². The molecule has 0 heterocycles. The number of esters is 1. The Balaban J connectivity index is 4.62. The van der Waals surface area contributed by atoms with E-state index in [0.29, 0.717) is 19.3 Å². The quantitative estimate of drug-likeness (QED) is 0.201. The van der Waals surface area contributed by atoms with Gasteiger partial charge in [0.2, 0.25) is 10.0 Å². The first kappa shape index (κ1) is 20.7. The molecular weight excluding hydrogens is 308 g/mol. The fraction of sp³-hybridized carbons (Fsp3) is 0.923. The van der Waals surface area contributed by atoms with E-state index in [1.807, 2.05) is 6.92 Å². The standard InChI is InChI=1S/C13H26N4O4S/c1-5-9-17(11-12(18)21-13(2,3)4)22(19,20)10-7-6-8-15-16-14/h5-11H2,1-4H3. The predicted octanol–water partition coefficient (Wildman–Crippen LogP) is 2.46. The zero-order valence-corrected chi connectivity index (χ0v) is 14.6. The molecule has 0 amide bonds. The first-order chi connectivity index (χ1) is 10.1. The lowest BCUT2D eigenvalue weighted by Gasteiger charge is -2.24. The molecule has 0 aromatic rings. The summed E-state index contributed by atoms with van der Waals surface area (Å²) in [7, 11) is -3.52. The van der Waals surface area contributed by atoms with Gasteiger partial charge in [-0.25, -0.2) is 8.42 Å². The molecule has 0 fully saturated rings. The minimum atomic E-state index is -3.52. The van der Waals surface area contributed by atoms with Gasteiger partial charge >= 0.3 is 5.97 Å². The van der Waals surface area contributed by atoms with Crippen LogP contribution in [-0.2, 0) is 19.6 Å². The van der Waals surface area contributed by atoms with Gasteiger partial charge in [-0.15, -0.1) is 0 Å². The molecule has 0 spiro atoms. The monoisotopic (exact) mass is 334 g/mol. The van der Waals surface area contributed by atoms with Crippen LogP contribution < -0.4 is 0 Å². The Kier molecular flexibility index (Phi) is 9.08. The van der Waals surface area contributed by atoms with Crippen LogP contribution in [0.1, 0.15) is 47.0 Å². The van der Waals surface area contributed by atoms with E-state index in [1.54, 1.807) is 20.8 Å². The van der Waals surface area contributed by atoms with Crippen LogP contribution in [-0.4, -0.2) is 49.7 Å². The first-order valence-corrected chi connectivity index (χ1v) is 8.94. The molecule has 0 radical (unpaired) electrons. The number of nitrogens with zero attached hydrogens (tertiary/aromatic N) is 4. The molecule has 0 bridgehead atoms. The third-order valence-corrected chi connectivity index (χ3v) is 4.47. The lowest BCUT2D eigenvalue weighted by atomic mass is 10.2. The molecule has 0 saturated carbocycles. The summed E-state index contributed by atoms with van der Waals surface area (Å²) in [5, 5.41) is 3.36. The van der Waals surface area contributed by atoms with Gasteiger partial charge < -0.3 is 4.74 Å². The molecule has 9 heteroatoms. The molecule has 128 valence electrons. The smallest absolute Gasteiger partial charge is 0.321 e. The van der Waals surface area contributed by atoms with Gasteiger partial charge in [-0.3, -0.25) is 4.79 Å². The minimum absolute atomic E-state index is 0.0727. The van der Waals surface area contributed by atoms with Crippen molar-refractivity contribution in [2.45, 2.75) is 52.6 Å². The SMILES string of the molecule is CCCN(CC(=O)OC(C)(C)C)S(=O)(=O)CCCCN=[N+]=[N-]. The minimum Gasteiger partial charge on any atom is -0.459 e. The molecule has 0 rings (SSSR count). The summed E-state index contributed by atoms with van der Waals surface area (Å²) in [6.45, 7) is 7.32. The fourth-order valence-electron chi connectivity index (χ4n) is 1.72. The van der Waals surface area contributed by atoms with E-state index < -0.39 is 21.6 Å². The van der Waals surface area contributed by atoms with Crippen LogP contribution in [0.2, 0.25) is 0 Å². The maximum Gasteiger partial charge on any atom is 0.321 e. The van der Waals surface area contributed by atoms with Crippen molar-refractivity contribution in [1.82, 2.24) is 4.31 Å². The average Bonchev–Trinajstić information content (AvgIpc) is 2.35. The topological polar surface area (TPSA) is 112 Å². The number of rotatable bonds is 10. The van der Waals surface area contributed by atoms with Gasteiger partial charge in [0.1, 0.15) is 12.1 Å². The number of sulfonamides is 1. The third kappa shape index (κ3) is 9.59. The Morgan fingerprint density at radius 3 is 2.45 bits per heavy atom. The van der Waals surface area contributed by atoms with Crippen LogP contribution in [0.25, 0.3) is 10.4 Å². The van der Waals surface area contributed by atoms with E-state index >= 15 is 0 Å². The molecule has 0 aromatic carbocycles. The van der Waals surface area contributed by atoms with Crippen molar-refractivity contribution in [2.24, 2.45) is 5.11 Å². The number of ether oxygens (including phenoxy) is 1. The Bertz CT molecular complexity index is 493. The molecule has 0 aliphatic rings. The molecule has 0 atom stereocenters. The second-order valence-electron chi connectivity index (χ2n) is 5.90. The molecule has 0 N–H and O–H groups in total. The Morgan fingerprint density at radius 2 is 1.95 bits per heavy atom. The number of azide groups is 1. The summed E-state index contributed by atoms with van der Waals surface area (Å²) in [5.74, 6) is -0.630. The second kappa shape index (κ2) is 9.66. The summed E-state index contributed by atoms with van der Waals surface area (Å²) < 4.78 is 30.9. The van der Waals surface area contributed by atoms with Gasteiger partial charge in [-0.2, -0.15) is 4.31 Å². The highest BCUT2D eigenvalue weighted by atomic mass is 32.2. The highest BCUT2D eigenvalue weighted by Crippen LogP contribution is 2.11. The fourth-order valence-corrected chi connectivity index (χ4v) is 3.31.